The predicted molar refractivity (Wildman–Crippen MR) is 89.5 cm³/mol. The number of halogens is 4. The SMILES string of the molecule is CC(=O)N(CC(=O)N1CCC(C)CC1)c1cc(C(F)(F)F)ccc1Cl. The zero-order valence-electron chi connectivity index (χ0n) is 14.1. The van der Waals surface area contributed by atoms with E-state index in [0.717, 1.165) is 35.9 Å². The molecule has 0 bridgehead atoms. The molecule has 0 unspecified atom stereocenters. The zero-order valence-corrected chi connectivity index (χ0v) is 14.8. The van der Waals surface area contributed by atoms with Crippen LogP contribution < -0.4 is 4.90 Å². The summed E-state index contributed by atoms with van der Waals surface area (Å²) < 4.78 is 38.8. The third-order valence-electron chi connectivity index (χ3n) is 4.37. The van der Waals surface area contributed by atoms with E-state index in [2.05, 4.69) is 6.92 Å². The van der Waals surface area contributed by atoms with E-state index in [0.29, 0.717) is 19.0 Å². The lowest BCUT2D eigenvalue weighted by atomic mass is 9.99. The highest BCUT2D eigenvalue weighted by atomic mass is 35.5. The average molecular weight is 377 g/mol. The van der Waals surface area contributed by atoms with Crippen molar-refractivity contribution in [3.63, 3.8) is 0 Å². The van der Waals surface area contributed by atoms with Crippen molar-refractivity contribution in [1.29, 1.82) is 0 Å². The van der Waals surface area contributed by atoms with Gasteiger partial charge in [-0.15, -0.1) is 0 Å². The van der Waals surface area contributed by atoms with Crippen molar-refractivity contribution in [3.8, 4) is 0 Å². The number of hydrogen-bond donors (Lipinski definition) is 0. The van der Waals surface area contributed by atoms with E-state index in [1.54, 1.807) is 4.90 Å². The molecular weight excluding hydrogens is 357 g/mol. The summed E-state index contributed by atoms with van der Waals surface area (Å²) in [5.41, 5.74) is -1.03. The minimum atomic E-state index is -4.56. The van der Waals surface area contributed by atoms with Gasteiger partial charge < -0.3 is 9.80 Å². The second-order valence-corrected chi connectivity index (χ2v) is 6.74. The van der Waals surface area contributed by atoms with E-state index in [1.807, 2.05) is 0 Å². The van der Waals surface area contributed by atoms with Gasteiger partial charge in [0.15, 0.2) is 0 Å². The fourth-order valence-corrected chi connectivity index (χ4v) is 2.97. The van der Waals surface area contributed by atoms with Gasteiger partial charge in [-0.05, 0) is 37.0 Å². The Balaban J connectivity index is 2.23. The molecule has 1 aromatic rings. The van der Waals surface area contributed by atoms with Crippen LogP contribution in [-0.4, -0.2) is 36.3 Å². The maximum atomic E-state index is 12.9. The lowest BCUT2D eigenvalue weighted by Gasteiger charge is -2.32. The first-order chi connectivity index (χ1) is 11.6. The number of benzene rings is 1. The van der Waals surface area contributed by atoms with E-state index in [-0.39, 0.29) is 23.2 Å². The third-order valence-corrected chi connectivity index (χ3v) is 4.69. The molecule has 0 aliphatic carbocycles. The van der Waals surface area contributed by atoms with Crippen molar-refractivity contribution < 1.29 is 22.8 Å². The maximum absolute atomic E-state index is 12.9. The van der Waals surface area contributed by atoms with Crippen LogP contribution in [0.15, 0.2) is 18.2 Å². The van der Waals surface area contributed by atoms with Crippen molar-refractivity contribution >= 4 is 29.1 Å². The van der Waals surface area contributed by atoms with Gasteiger partial charge in [0.1, 0.15) is 6.54 Å². The van der Waals surface area contributed by atoms with E-state index in [9.17, 15) is 22.8 Å². The number of amides is 2. The molecule has 25 heavy (non-hydrogen) atoms. The van der Waals surface area contributed by atoms with Gasteiger partial charge in [0.2, 0.25) is 11.8 Å². The van der Waals surface area contributed by atoms with Crippen LogP contribution in [0, 0.1) is 5.92 Å². The molecule has 2 amide bonds. The maximum Gasteiger partial charge on any atom is 0.416 e. The Morgan fingerprint density at radius 2 is 1.88 bits per heavy atom. The molecule has 138 valence electrons. The lowest BCUT2D eigenvalue weighted by molar-refractivity contribution is -0.137. The second-order valence-electron chi connectivity index (χ2n) is 6.33. The van der Waals surface area contributed by atoms with Crippen LogP contribution in [0.2, 0.25) is 5.02 Å². The van der Waals surface area contributed by atoms with E-state index in [4.69, 9.17) is 11.6 Å². The first-order valence-electron chi connectivity index (χ1n) is 8.02. The number of carbonyl (C=O) groups is 2. The number of alkyl halides is 3. The van der Waals surface area contributed by atoms with Crippen molar-refractivity contribution in [1.82, 2.24) is 4.90 Å². The number of hydrogen-bond acceptors (Lipinski definition) is 2. The Morgan fingerprint density at radius 1 is 1.28 bits per heavy atom. The predicted octanol–water partition coefficient (Wildman–Crippen LogP) is 3.97. The summed E-state index contributed by atoms with van der Waals surface area (Å²) in [6.07, 6.45) is -2.82. The summed E-state index contributed by atoms with van der Waals surface area (Å²) in [7, 11) is 0. The molecule has 8 heteroatoms. The standard InChI is InChI=1S/C17H20ClF3N2O2/c1-11-5-7-22(8-6-11)16(25)10-23(12(2)24)15-9-13(17(19,20)21)3-4-14(15)18/h3-4,9,11H,5-8,10H2,1-2H3. The fraction of sp³-hybridized carbons (Fsp3) is 0.529. The molecule has 1 fully saturated rings. The lowest BCUT2D eigenvalue weighted by Crippen LogP contribution is -2.45. The molecule has 1 heterocycles. The third kappa shape index (κ3) is 4.87. The van der Waals surface area contributed by atoms with Gasteiger partial charge in [-0.25, -0.2) is 0 Å². The summed E-state index contributed by atoms with van der Waals surface area (Å²) in [4.78, 5) is 27.0. The molecule has 2 rings (SSSR count). The van der Waals surface area contributed by atoms with Crippen LogP contribution in [0.3, 0.4) is 0 Å². The molecule has 4 nitrogen and oxygen atoms in total. The van der Waals surface area contributed by atoms with Gasteiger partial charge >= 0.3 is 6.18 Å². The molecule has 0 aromatic heterocycles. The Bertz CT molecular complexity index is 656. The highest BCUT2D eigenvalue weighted by molar-refractivity contribution is 6.34. The fourth-order valence-electron chi connectivity index (χ4n) is 2.76. The largest absolute Gasteiger partial charge is 0.416 e. The minimum absolute atomic E-state index is 0.0109. The first kappa shape index (κ1) is 19.6. The van der Waals surface area contributed by atoms with E-state index in [1.165, 1.54) is 6.92 Å². The normalized spacial score (nSPS) is 16.0. The highest BCUT2D eigenvalue weighted by Gasteiger charge is 2.32. The van der Waals surface area contributed by atoms with Gasteiger partial charge in [-0.1, -0.05) is 18.5 Å². The molecule has 0 N–H and O–H groups in total. The van der Waals surface area contributed by atoms with Gasteiger partial charge in [-0.2, -0.15) is 13.2 Å². The quantitative estimate of drug-likeness (QED) is 0.800. The first-order valence-corrected chi connectivity index (χ1v) is 8.40. The number of piperidine rings is 1. The van der Waals surface area contributed by atoms with Crippen molar-refractivity contribution in [3.05, 3.63) is 28.8 Å². The van der Waals surface area contributed by atoms with Crippen molar-refractivity contribution in [2.24, 2.45) is 5.92 Å². The Hall–Kier alpha value is -1.76. The summed E-state index contributed by atoms with van der Waals surface area (Å²) in [5, 5.41) is -0.0109. The Labute approximate surface area is 149 Å². The van der Waals surface area contributed by atoms with Crippen molar-refractivity contribution in [2.75, 3.05) is 24.5 Å². The number of anilines is 1. The molecule has 1 saturated heterocycles. The van der Waals surface area contributed by atoms with Crippen LogP contribution in [0.1, 0.15) is 32.3 Å². The summed E-state index contributed by atoms with van der Waals surface area (Å²) in [6, 6.07) is 2.73. The van der Waals surface area contributed by atoms with Crippen LogP contribution in [-0.2, 0) is 15.8 Å². The van der Waals surface area contributed by atoms with Gasteiger partial charge in [0.25, 0.3) is 0 Å². The van der Waals surface area contributed by atoms with Gasteiger partial charge in [0, 0.05) is 20.0 Å². The molecule has 0 spiro atoms. The second kappa shape index (κ2) is 7.64. The number of nitrogens with zero attached hydrogens (tertiary/aromatic N) is 2. The van der Waals surface area contributed by atoms with E-state index < -0.39 is 17.6 Å². The van der Waals surface area contributed by atoms with Gasteiger partial charge in [-0.3, -0.25) is 9.59 Å². The van der Waals surface area contributed by atoms with Crippen molar-refractivity contribution in [2.45, 2.75) is 32.9 Å². The summed E-state index contributed by atoms with van der Waals surface area (Å²) >= 11 is 5.99. The molecule has 1 aliphatic heterocycles. The van der Waals surface area contributed by atoms with Crippen LogP contribution in [0.25, 0.3) is 0 Å². The molecule has 0 saturated carbocycles. The summed E-state index contributed by atoms with van der Waals surface area (Å²) in [5.74, 6) is -0.304. The number of rotatable bonds is 3. The Morgan fingerprint density at radius 3 is 2.40 bits per heavy atom. The van der Waals surface area contributed by atoms with Gasteiger partial charge in [0.05, 0.1) is 16.3 Å². The Kier molecular flexibility index (Phi) is 5.98. The molecular formula is C17H20ClF3N2O2. The number of likely N-dealkylation sites (tertiary alicyclic amines) is 1. The molecule has 1 aliphatic rings. The van der Waals surface area contributed by atoms with E-state index >= 15 is 0 Å². The topological polar surface area (TPSA) is 40.6 Å². The van der Waals surface area contributed by atoms with Crippen LogP contribution >= 0.6 is 11.6 Å². The molecule has 1 aromatic carbocycles. The monoisotopic (exact) mass is 376 g/mol. The summed E-state index contributed by atoms with van der Waals surface area (Å²) in [6.45, 7) is 4.14. The van der Waals surface area contributed by atoms with Crippen LogP contribution in [0.5, 0.6) is 0 Å². The smallest absolute Gasteiger partial charge is 0.341 e. The number of carbonyl (C=O) groups excluding carboxylic acids is 2. The molecule has 0 atom stereocenters. The minimum Gasteiger partial charge on any atom is -0.341 e. The molecule has 0 radical (unpaired) electrons. The van der Waals surface area contributed by atoms with Crippen LogP contribution in [0.4, 0.5) is 18.9 Å². The zero-order chi connectivity index (χ0) is 18.8. The highest BCUT2D eigenvalue weighted by Crippen LogP contribution is 2.35. The average Bonchev–Trinajstić information content (AvgIpc) is 2.52.